The summed E-state index contributed by atoms with van der Waals surface area (Å²) in [6.45, 7) is 3.68. The van der Waals surface area contributed by atoms with E-state index in [1.54, 1.807) is 30.6 Å². The lowest BCUT2D eigenvalue weighted by molar-refractivity contribution is 0.0134. The van der Waals surface area contributed by atoms with Crippen LogP contribution in [0.4, 0.5) is 10.1 Å². The van der Waals surface area contributed by atoms with Gasteiger partial charge in [-0.05, 0) is 55.8 Å². The summed E-state index contributed by atoms with van der Waals surface area (Å²) in [5.41, 5.74) is 4.00. The second-order valence-corrected chi connectivity index (χ2v) is 8.04. The summed E-state index contributed by atoms with van der Waals surface area (Å²) in [5, 5.41) is 4.66. The third-order valence-corrected chi connectivity index (χ3v) is 5.69. The molecule has 3 aromatic heterocycles. The summed E-state index contributed by atoms with van der Waals surface area (Å²) in [5.74, 6) is 0.157. The van der Waals surface area contributed by atoms with Gasteiger partial charge < -0.3 is 9.64 Å². The molecular weight excluding hydrogens is 435 g/mol. The lowest BCUT2D eigenvalue weighted by Gasteiger charge is -2.38. The van der Waals surface area contributed by atoms with Crippen LogP contribution in [0.5, 0.6) is 0 Å². The molecular formula is C25H23FN6O2. The zero-order valence-corrected chi connectivity index (χ0v) is 18.6. The van der Waals surface area contributed by atoms with Crippen LogP contribution in [0.15, 0.2) is 61.1 Å². The molecule has 1 fully saturated rings. The number of halogens is 1. The summed E-state index contributed by atoms with van der Waals surface area (Å²) >= 11 is 0. The highest BCUT2D eigenvalue weighted by Gasteiger charge is 2.29. The van der Waals surface area contributed by atoms with Crippen molar-refractivity contribution in [1.29, 1.82) is 0 Å². The van der Waals surface area contributed by atoms with Gasteiger partial charge in [0.2, 0.25) is 0 Å². The van der Waals surface area contributed by atoms with Gasteiger partial charge in [-0.1, -0.05) is 0 Å². The number of pyridine rings is 1. The first-order valence-corrected chi connectivity index (χ1v) is 11.0. The summed E-state index contributed by atoms with van der Waals surface area (Å²) in [6, 6.07) is 11.8. The molecule has 1 aliphatic heterocycles. The molecule has 1 unspecified atom stereocenters. The van der Waals surface area contributed by atoms with Crippen LogP contribution in [-0.2, 0) is 11.3 Å². The maximum absolute atomic E-state index is 13.3. The van der Waals surface area contributed by atoms with Gasteiger partial charge in [0.25, 0.3) is 0 Å². The van der Waals surface area contributed by atoms with E-state index >= 15 is 0 Å². The van der Waals surface area contributed by atoms with E-state index in [0.717, 1.165) is 41.9 Å². The van der Waals surface area contributed by atoms with Crippen molar-refractivity contribution in [1.82, 2.24) is 24.7 Å². The van der Waals surface area contributed by atoms with E-state index in [-0.39, 0.29) is 12.0 Å². The molecule has 1 atom stereocenters. The second kappa shape index (κ2) is 9.48. The van der Waals surface area contributed by atoms with Crippen molar-refractivity contribution in [2.75, 3.05) is 18.1 Å². The number of aromatic nitrogens is 5. The Labute approximate surface area is 196 Å². The topological polar surface area (TPSA) is 86.0 Å². The third kappa shape index (κ3) is 4.42. The van der Waals surface area contributed by atoms with Crippen LogP contribution >= 0.6 is 0 Å². The van der Waals surface area contributed by atoms with E-state index in [1.807, 2.05) is 29.9 Å². The Bertz CT molecular complexity index is 1290. The van der Waals surface area contributed by atoms with Gasteiger partial charge in [-0.3, -0.25) is 9.48 Å². The number of benzene rings is 1. The SMILES string of the molecule is Cc1cc(N2CCCOC2Cn2ccc(-c3ccc(F)cc3)n2)c(-c2ncccn2)c(C=O)n1. The largest absolute Gasteiger partial charge is 0.356 e. The zero-order valence-electron chi connectivity index (χ0n) is 18.6. The minimum atomic E-state index is -0.321. The number of carbonyl (C=O) groups excluding carboxylic acids is 1. The summed E-state index contributed by atoms with van der Waals surface area (Å²) in [6.07, 6.45) is 6.42. The maximum Gasteiger partial charge on any atom is 0.169 e. The van der Waals surface area contributed by atoms with Crippen molar-refractivity contribution in [3.63, 3.8) is 0 Å². The van der Waals surface area contributed by atoms with Crippen LogP contribution in [0, 0.1) is 12.7 Å². The predicted octanol–water partition coefficient (Wildman–Crippen LogP) is 3.92. The molecule has 0 saturated carbocycles. The highest BCUT2D eigenvalue weighted by atomic mass is 19.1. The molecule has 4 heterocycles. The average Bonchev–Trinajstić information content (AvgIpc) is 3.33. The monoisotopic (exact) mass is 458 g/mol. The number of aryl methyl sites for hydroxylation is 1. The molecule has 0 spiro atoms. The number of nitrogens with zero attached hydrogens (tertiary/aromatic N) is 6. The molecule has 1 saturated heterocycles. The first-order valence-electron chi connectivity index (χ1n) is 11.0. The smallest absolute Gasteiger partial charge is 0.169 e. The van der Waals surface area contributed by atoms with E-state index in [4.69, 9.17) is 4.74 Å². The second-order valence-electron chi connectivity index (χ2n) is 8.04. The molecule has 8 nitrogen and oxygen atoms in total. The molecule has 0 amide bonds. The number of aldehydes is 1. The molecule has 34 heavy (non-hydrogen) atoms. The molecule has 1 aliphatic rings. The Balaban J connectivity index is 1.49. The lowest BCUT2D eigenvalue weighted by atomic mass is 10.1. The first kappa shape index (κ1) is 21.8. The third-order valence-electron chi connectivity index (χ3n) is 5.69. The highest BCUT2D eigenvalue weighted by molar-refractivity contribution is 5.90. The number of rotatable bonds is 6. The van der Waals surface area contributed by atoms with E-state index in [9.17, 15) is 9.18 Å². The number of hydrogen-bond acceptors (Lipinski definition) is 7. The van der Waals surface area contributed by atoms with Crippen LogP contribution in [-0.4, -0.2) is 50.4 Å². The molecule has 1 aromatic carbocycles. The maximum atomic E-state index is 13.3. The van der Waals surface area contributed by atoms with Gasteiger partial charge in [-0.25, -0.2) is 19.3 Å². The van der Waals surface area contributed by atoms with Crippen molar-refractivity contribution in [3.8, 4) is 22.6 Å². The Morgan fingerprint density at radius 2 is 1.97 bits per heavy atom. The van der Waals surface area contributed by atoms with Gasteiger partial charge in [0.15, 0.2) is 12.1 Å². The molecule has 0 aliphatic carbocycles. The molecule has 172 valence electrons. The van der Waals surface area contributed by atoms with Gasteiger partial charge in [-0.15, -0.1) is 0 Å². The fourth-order valence-electron chi connectivity index (χ4n) is 4.16. The lowest BCUT2D eigenvalue weighted by Crippen LogP contribution is -2.46. The molecule has 5 rings (SSSR count). The minimum Gasteiger partial charge on any atom is -0.356 e. The highest BCUT2D eigenvalue weighted by Crippen LogP contribution is 2.34. The van der Waals surface area contributed by atoms with Gasteiger partial charge in [0.05, 0.1) is 30.1 Å². The van der Waals surface area contributed by atoms with Crippen LogP contribution in [0.2, 0.25) is 0 Å². The predicted molar refractivity (Wildman–Crippen MR) is 125 cm³/mol. The summed E-state index contributed by atoms with van der Waals surface area (Å²) in [4.78, 5) is 27.2. The van der Waals surface area contributed by atoms with Crippen molar-refractivity contribution in [2.45, 2.75) is 26.1 Å². The van der Waals surface area contributed by atoms with Crippen molar-refractivity contribution < 1.29 is 13.9 Å². The molecule has 0 bridgehead atoms. The molecule has 9 heteroatoms. The number of ether oxygens (including phenoxy) is 1. The summed E-state index contributed by atoms with van der Waals surface area (Å²) in [7, 11) is 0. The Hall–Kier alpha value is -3.98. The number of anilines is 1. The quantitative estimate of drug-likeness (QED) is 0.405. The molecule has 0 radical (unpaired) electrons. The van der Waals surface area contributed by atoms with Gasteiger partial charge in [-0.2, -0.15) is 5.10 Å². The van der Waals surface area contributed by atoms with Crippen molar-refractivity contribution in [3.05, 3.63) is 78.3 Å². The molecule has 0 N–H and O–H groups in total. The van der Waals surface area contributed by atoms with Crippen molar-refractivity contribution in [2.24, 2.45) is 0 Å². The first-order chi connectivity index (χ1) is 16.6. The number of hydrogen-bond donors (Lipinski definition) is 0. The van der Waals surface area contributed by atoms with E-state index in [1.165, 1.54) is 12.1 Å². The Morgan fingerprint density at radius 1 is 1.18 bits per heavy atom. The normalized spacial score (nSPS) is 15.9. The Morgan fingerprint density at radius 3 is 2.74 bits per heavy atom. The molecule has 4 aromatic rings. The van der Waals surface area contributed by atoms with Crippen LogP contribution in [0.1, 0.15) is 22.6 Å². The van der Waals surface area contributed by atoms with E-state index in [2.05, 4.69) is 25.0 Å². The van der Waals surface area contributed by atoms with Crippen LogP contribution in [0.25, 0.3) is 22.6 Å². The number of carbonyl (C=O) groups is 1. The zero-order chi connectivity index (χ0) is 23.5. The van der Waals surface area contributed by atoms with Crippen molar-refractivity contribution >= 4 is 12.0 Å². The van der Waals surface area contributed by atoms with Gasteiger partial charge >= 0.3 is 0 Å². The van der Waals surface area contributed by atoms with Gasteiger partial charge in [0, 0.05) is 36.4 Å². The summed E-state index contributed by atoms with van der Waals surface area (Å²) < 4.78 is 21.2. The Kier molecular flexibility index (Phi) is 6.09. The fourth-order valence-corrected chi connectivity index (χ4v) is 4.16. The van der Waals surface area contributed by atoms with Crippen LogP contribution in [0.3, 0.4) is 0 Å². The fraction of sp³-hybridized carbons (Fsp3) is 0.240. The van der Waals surface area contributed by atoms with E-state index in [0.29, 0.717) is 30.2 Å². The average molecular weight is 458 g/mol. The van der Waals surface area contributed by atoms with Gasteiger partial charge in [0.1, 0.15) is 17.7 Å². The minimum absolute atomic E-state index is 0.282. The van der Waals surface area contributed by atoms with E-state index < -0.39 is 0 Å². The standard InChI is InChI=1S/C25H23FN6O2/c1-17-14-22(24(21(16-33)29-17)25-27-9-2-10-28-25)32-11-3-13-34-23(32)15-31-12-8-20(30-31)18-4-6-19(26)7-5-18/h2,4-10,12,14,16,23H,3,11,13,15H2,1H3. The van der Waals surface area contributed by atoms with Crippen LogP contribution < -0.4 is 4.90 Å².